The van der Waals surface area contributed by atoms with Crippen molar-refractivity contribution in [3.05, 3.63) is 35.9 Å². The van der Waals surface area contributed by atoms with E-state index in [1.165, 1.54) is 0 Å². The van der Waals surface area contributed by atoms with E-state index in [-0.39, 0.29) is 11.5 Å². The number of hydrogen-bond acceptors (Lipinski definition) is 2. The van der Waals surface area contributed by atoms with Gasteiger partial charge in [0, 0.05) is 23.0 Å². The third kappa shape index (κ3) is 5.78. The van der Waals surface area contributed by atoms with Crippen molar-refractivity contribution < 1.29 is 9.00 Å². The highest BCUT2D eigenvalue weighted by Gasteiger charge is 2.11. The van der Waals surface area contributed by atoms with Gasteiger partial charge in [0.15, 0.2) is 0 Å². The van der Waals surface area contributed by atoms with E-state index in [1.807, 2.05) is 30.3 Å². The first kappa shape index (κ1) is 14.1. The average Bonchev–Trinajstić information content (AvgIpc) is 2.29. The summed E-state index contributed by atoms with van der Waals surface area (Å²) >= 11 is 0. The quantitative estimate of drug-likeness (QED) is 0.747. The second-order valence-corrected chi connectivity index (χ2v) is 5.97. The zero-order valence-corrected chi connectivity index (χ0v) is 11.3. The van der Waals surface area contributed by atoms with Crippen LogP contribution in [0.3, 0.4) is 0 Å². The summed E-state index contributed by atoms with van der Waals surface area (Å²) in [7, 11) is -1.00. The predicted molar refractivity (Wildman–Crippen MR) is 72.5 cm³/mol. The van der Waals surface area contributed by atoms with Gasteiger partial charge in [0.05, 0.1) is 5.75 Å². The Morgan fingerprint density at radius 3 is 2.53 bits per heavy atom. The molecule has 17 heavy (non-hydrogen) atoms. The van der Waals surface area contributed by atoms with Gasteiger partial charge in [-0.15, -0.1) is 0 Å². The van der Waals surface area contributed by atoms with Crippen molar-refractivity contribution in [3.8, 4) is 0 Å². The second kappa shape index (κ2) is 7.38. The van der Waals surface area contributed by atoms with Crippen LogP contribution in [0, 0.1) is 5.92 Å². The first-order valence-corrected chi connectivity index (χ1v) is 7.51. The SMILES string of the molecule is CCC(C)CS(=O)CC(=O)Cc1ccccc1. The Labute approximate surface area is 106 Å². The molecule has 0 saturated heterocycles. The molecule has 0 radical (unpaired) electrons. The zero-order valence-electron chi connectivity index (χ0n) is 10.5. The van der Waals surface area contributed by atoms with E-state index in [0.717, 1.165) is 12.0 Å². The van der Waals surface area contributed by atoms with Crippen molar-refractivity contribution in [1.29, 1.82) is 0 Å². The van der Waals surface area contributed by atoms with Gasteiger partial charge < -0.3 is 0 Å². The number of carbonyl (C=O) groups is 1. The molecule has 0 amide bonds. The molecule has 0 aromatic heterocycles. The van der Waals surface area contributed by atoms with E-state index in [2.05, 4.69) is 13.8 Å². The van der Waals surface area contributed by atoms with Crippen LogP contribution < -0.4 is 0 Å². The molecule has 2 unspecified atom stereocenters. The highest BCUT2D eigenvalue weighted by Crippen LogP contribution is 2.05. The normalized spacial score (nSPS) is 14.2. The number of Topliss-reactive ketones (excluding diaryl/α,β-unsaturated/α-hetero) is 1. The Bertz CT molecular complexity index is 373. The molecule has 3 heteroatoms. The van der Waals surface area contributed by atoms with Crippen molar-refractivity contribution in [2.24, 2.45) is 5.92 Å². The first-order valence-electron chi connectivity index (χ1n) is 6.02. The molecular formula is C14H20O2S. The monoisotopic (exact) mass is 252 g/mol. The standard InChI is InChI=1S/C14H20O2S/c1-3-12(2)10-17(16)11-14(15)9-13-7-5-4-6-8-13/h4-8,12H,3,9-11H2,1-2H3. The van der Waals surface area contributed by atoms with Crippen LogP contribution in [0.4, 0.5) is 0 Å². The first-order chi connectivity index (χ1) is 8.11. The summed E-state index contributed by atoms with van der Waals surface area (Å²) in [6.45, 7) is 4.15. The fraction of sp³-hybridized carbons (Fsp3) is 0.500. The smallest absolute Gasteiger partial charge is 0.149 e. The van der Waals surface area contributed by atoms with Crippen LogP contribution in [0.25, 0.3) is 0 Å². The second-order valence-electron chi connectivity index (χ2n) is 4.47. The Hall–Kier alpha value is -0.960. The van der Waals surface area contributed by atoms with E-state index >= 15 is 0 Å². The minimum Gasteiger partial charge on any atom is -0.298 e. The summed E-state index contributed by atoms with van der Waals surface area (Å²) in [6.07, 6.45) is 1.41. The largest absolute Gasteiger partial charge is 0.298 e. The summed E-state index contributed by atoms with van der Waals surface area (Å²) in [6, 6.07) is 9.61. The molecule has 0 N–H and O–H groups in total. The highest BCUT2D eigenvalue weighted by atomic mass is 32.2. The molecule has 0 aliphatic heterocycles. The van der Waals surface area contributed by atoms with E-state index in [0.29, 0.717) is 18.1 Å². The molecule has 1 aromatic carbocycles. The molecule has 0 bridgehead atoms. The summed E-state index contributed by atoms with van der Waals surface area (Å²) in [5, 5.41) is 0. The molecule has 0 aliphatic carbocycles. The highest BCUT2D eigenvalue weighted by molar-refractivity contribution is 7.85. The number of ketones is 1. The van der Waals surface area contributed by atoms with Gasteiger partial charge >= 0.3 is 0 Å². The lowest BCUT2D eigenvalue weighted by Crippen LogP contribution is -2.18. The zero-order chi connectivity index (χ0) is 12.7. The van der Waals surface area contributed by atoms with E-state index < -0.39 is 10.8 Å². The fourth-order valence-corrected chi connectivity index (χ4v) is 3.00. The van der Waals surface area contributed by atoms with Gasteiger partial charge in [0.25, 0.3) is 0 Å². The van der Waals surface area contributed by atoms with Crippen LogP contribution in [0.15, 0.2) is 30.3 Å². The molecule has 0 heterocycles. The minimum absolute atomic E-state index is 0.0674. The van der Waals surface area contributed by atoms with Crippen molar-refractivity contribution in [2.75, 3.05) is 11.5 Å². The topological polar surface area (TPSA) is 34.1 Å². The average molecular weight is 252 g/mol. The molecule has 0 aliphatic rings. The summed E-state index contributed by atoms with van der Waals surface area (Å²) in [5.74, 6) is 1.33. The van der Waals surface area contributed by atoms with Crippen molar-refractivity contribution >= 4 is 16.6 Å². The lowest BCUT2D eigenvalue weighted by Gasteiger charge is -2.07. The Balaban J connectivity index is 2.37. The van der Waals surface area contributed by atoms with E-state index in [9.17, 15) is 9.00 Å². The minimum atomic E-state index is -1.00. The Morgan fingerprint density at radius 1 is 1.29 bits per heavy atom. The Morgan fingerprint density at radius 2 is 1.94 bits per heavy atom. The van der Waals surface area contributed by atoms with Gasteiger partial charge in [0.2, 0.25) is 0 Å². The van der Waals surface area contributed by atoms with Crippen LogP contribution in [0.2, 0.25) is 0 Å². The van der Waals surface area contributed by atoms with E-state index in [1.54, 1.807) is 0 Å². The summed E-state index contributed by atoms with van der Waals surface area (Å²) < 4.78 is 11.7. The van der Waals surface area contributed by atoms with Crippen molar-refractivity contribution in [2.45, 2.75) is 26.7 Å². The maximum Gasteiger partial charge on any atom is 0.149 e. The van der Waals surface area contributed by atoms with Gasteiger partial charge in [-0.3, -0.25) is 9.00 Å². The van der Waals surface area contributed by atoms with Gasteiger partial charge in [-0.1, -0.05) is 50.6 Å². The third-order valence-electron chi connectivity index (χ3n) is 2.73. The summed E-state index contributed by atoms with van der Waals surface area (Å²) in [5.41, 5.74) is 0.998. The lowest BCUT2D eigenvalue weighted by molar-refractivity contribution is -0.116. The maximum atomic E-state index is 11.7. The fourth-order valence-electron chi connectivity index (χ4n) is 1.55. The number of benzene rings is 1. The van der Waals surface area contributed by atoms with Crippen molar-refractivity contribution in [1.82, 2.24) is 0 Å². The van der Waals surface area contributed by atoms with Gasteiger partial charge in [-0.05, 0) is 11.5 Å². The molecule has 0 saturated carbocycles. The lowest BCUT2D eigenvalue weighted by atomic mass is 10.1. The molecule has 0 spiro atoms. The molecule has 1 aromatic rings. The molecule has 2 atom stereocenters. The summed E-state index contributed by atoms with van der Waals surface area (Å²) in [4.78, 5) is 11.7. The predicted octanol–water partition coefficient (Wildman–Crippen LogP) is 2.59. The number of hydrogen-bond donors (Lipinski definition) is 0. The van der Waals surface area contributed by atoms with Crippen molar-refractivity contribution in [3.63, 3.8) is 0 Å². The van der Waals surface area contributed by atoms with Crippen LogP contribution >= 0.6 is 0 Å². The van der Waals surface area contributed by atoms with E-state index in [4.69, 9.17) is 0 Å². The van der Waals surface area contributed by atoms with Gasteiger partial charge in [-0.25, -0.2) is 0 Å². The molecule has 1 rings (SSSR count). The molecule has 2 nitrogen and oxygen atoms in total. The molecular weight excluding hydrogens is 232 g/mol. The maximum absolute atomic E-state index is 11.7. The molecule has 94 valence electrons. The number of carbonyl (C=O) groups excluding carboxylic acids is 1. The van der Waals surface area contributed by atoms with Crippen LogP contribution in [0.5, 0.6) is 0 Å². The Kier molecular flexibility index (Phi) is 6.12. The van der Waals surface area contributed by atoms with Gasteiger partial charge in [0.1, 0.15) is 5.78 Å². The molecule has 0 fully saturated rings. The van der Waals surface area contributed by atoms with Crippen LogP contribution in [-0.4, -0.2) is 21.5 Å². The van der Waals surface area contributed by atoms with Gasteiger partial charge in [-0.2, -0.15) is 0 Å². The van der Waals surface area contributed by atoms with Crippen LogP contribution in [-0.2, 0) is 22.0 Å². The number of rotatable bonds is 7. The third-order valence-corrected chi connectivity index (χ3v) is 4.32. The van der Waals surface area contributed by atoms with Crippen LogP contribution in [0.1, 0.15) is 25.8 Å².